The zero-order chi connectivity index (χ0) is 16.8. The van der Waals surface area contributed by atoms with Crippen LogP contribution in [-0.2, 0) is 11.2 Å². The Balaban J connectivity index is 2.05. The third kappa shape index (κ3) is 2.81. The molecule has 3 rings (SSSR count). The number of amides is 1. The first kappa shape index (κ1) is 15.5. The fourth-order valence-electron chi connectivity index (χ4n) is 2.97. The minimum absolute atomic E-state index is 0.493. The van der Waals surface area contributed by atoms with E-state index in [1.54, 1.807) is 7.11 Å². The molecular formula is C17H23N3O3. The van der Waals surface area contributed by atoms with Gasteiger partial charge in [-0.25, -0.2) is 4.79 Å². The van der Waals surface area contributed by atoms with E-state index in [0.717, 1.165) is 29.6 Å². The number of likely N-dealkylation sites (N-methyl/N-ethyl adjacent to an activating group) is 1. The van der Waals surface area contributed by atoms with Crippen LogP contribution in [0.4, 0.5) is 16.2 Å². The van der Waals surface area contributed by atoms with Crippen LogP contribution in [0.1, 0.15) is 26.3 Å². The maximum absolute atomic E-state index is 12.1. The molecule has 0 bridgehead atoms. The van der Waals surface area contributed by atoms with E-state index in [4.69, 9.17) is 9.47 Å². The Morgan fingerprint density at radius 2 is 2.13 bits per heavy atom. The SMILES string of the molecule is COc1c(NC(=O)OC(C)(C)C)cc2c3c(c[nH]c13)CCN2C. The number of anilines is 2. The number of carbonyl (C=O) groups is 1. The van der Waals surface area contributed by atoms with Gasteiger partial charge in [0.15, 0.2) is 5.75 Å². The number of H-pyrrole nitrogens is 1. The predicted molar refractivity (Wildman–Crippen MR) is 91.7 cm³/mol. The second kappa shape index (κ2) is 5.37. The number of aromatic amines is 1. The van der Waals surface area contributed by atoms with Crippen molar-refractivity contribution < 1.29 is 14.3 Å². The summed E-state index contributed by atoms with van der Waals surface area (Å²) in [4.78, 5) is 17.6. The minimum atomic E-state index is -0.550. The standard InChI is InChI=1S/C17H23N3O3/c1-17(2,3)23-16(21)19-11-8-12-13-10(6-7-20(12)4)9-18-14(13)15(11)22-5/h8-9,18H,6-7H2,1-5H3,(H,19,21). The molecule has 1 aromatic heterocycles. The van der Waals surface area contributed by atoms with Crippen molar-refractivity contribution in [2.75, 3.05) is 30.9 Å². The summed E-state index contributed by atoms with van der Waals surface area (Å²) in [5.74, 6) is 0.621. The highest BCUT2D eigenvalue weighted by atomic mass is 16.6. The maximum Gasteiger partial charge on any atom is 0.412 e. The van der Waals surface area contributed by atoms with E-state index in [1.807, 2.05) is 33.0 Å². The third-order valence-corrected chi connectivity index (χ3v) is 3.94. The lowest BCUT2D eigenvalue weighted by atomic mass is 10.0. The molecule has 124 valence electrons. The molecule has 2 aromatic rings. The van der Waals surface area contributed by atoms with Crippen molar-refractivity contribution in [3.05, 3.63) is 17.8 Å². The molecule has 2 N–H and O–H groups in total. The Morgan fingerprint density at radius 1 is 1.39 bits per heavy atom. The number of benzene rings is 1. The number of aromatic nitrogens is 1. The van der Waals surface area contributed by atoms with Crippen LogP contribution in [0.3, 0.4) is 0 Å². The van der Waals surface area contributed by atoms with Crippen molar-refractivity contribution in [1.82, 2.24) is 4.98 Å². The second-order valence-corrected chi connectivity index (χ2v) is 6.84. The van der Waals surface area contributed by atoms with Crippen molar-refractivity contribution in [1.29, 1.82) is 0 Å². The van der Waals surface area contributed by atoms with Crippen LogP contribution < -0.4 is 15.0 Å². The molecule has 0 fully saturated rings. The first-order chi connectivity index (χ1) is 10.8. The summed E-state index contributed by atoms with van der Waals surface area (Å²) in [6.07, 6.45) is 2.51. The quantitative estimate of drug-likeness (QED) is 0.889. The minimum Gasteiger partial charge on any atom is -0.492 e. The second-order valence-electron chi connectivity index (χ2n) is 6.84. The van der Waals surface area contributed by atoms with E-state index >= 15 is 0 Å². The zero-order valence-corrected chi connectivity index (χ0v) is 14.2. The van der Waals surface area contributed by atoms with E-state index in [0.29, 0.717) is 11.4 Å². The molecule has 0 saturated heterocycles. The smallest absolute Gasteiger partial charge is 0.412 e. The van der Waals surface area contributed by atoms with Gasteiger partial charge in [-0.2, -0.15) is 0 Å². The number of nitrogens with zero attached hydrogens (tertiary/aromatic N) is 1. The van der Waals surface area contributed by atoms with Crippen LogP contribution in [0, 0.1) is 0 Å². The Morgan fingerprint density at radius 3 is 2.78 bits per heavy atom. The summed E-state index contributed by atoms with van der Waals surface area (Å²) in [5, 5.41) is 3.96. The van der Waals surface area contributed by atoms with Crippen LogP contribution in [0.2, 0.25) is 0 Å². The molecule has 6 nitrogen and oxygen atoms in total. The fourth-order valence-corrected chi connectivity index (χ4v) is 2.97. The van der Waals surface area contributed by atoms with Gasteiger partial charge in [-0.1, -0.05) is 0 Å². The molecule has 2 heterocycles. The molecule has 0 radical (unpaired) electrons. The zero-order valence-electron chi connectivity index (χ0n) is 14.2. The summed E-state index contributed by atoms with van der Waals surface area (Å²) in [6, 6.07) is 1.95. The van der Waals surface area contributed by atoms with Gasteiger partial charge < -0.3 is 19.4 Å². The van der Waals surface area contributed by atoms with E-state index in [2.05, 4.69) is 22.2 Å². The van der Waals surface area contributed by atoms with Crippen molar-refractivity contribution in [2.45, 2.75) is 32.8 Å². The van der Waals surface area contributed by atoms with Gasteiger partial charge in [0.2, 0.25) is 0 Å². The number of ether oxygens (including phenoxy) is 2. The van der Waals surface area contributed by atoms with Gasteiger partial charge in [-0.3, -0.25) is 5.32 Å². The van der Waals surface area contributed by atoms with Gasteiger partial charge in [0.1, 0.15) is 5.60 Å². The Labute approximate surface area is 135 Å². The number of hydrogen-bond acceptors (Lipinski definition) is 4. The van der Waals surface area contributed by atoms with Crippen molar-refractivity contribution in [3.8, 4) is 5.75 Å². The van der Waals surface area contributed by atoms with Gasteiger partial charge in [0.25, 0.3) is 0 Å². The van der Waals surface area contributed by atoms with Gasteiger partial charge in [-0.05, 0) is 38.8 Å². The summed E-state index contributed by atoms with van der Waals surface area (Å²) >= 11 is 0. The Bertz CT molecular complexity index is 759. The van der Waals surface area contributed by atoms with Crippen molar-refractivity contribution in [3.63, 3.8) is 0 Å². The van der Waals surface area contributed by atoms with Crippen molar-refractivity contribution in [2.24, 2.45) is 0 Å². The number of hydrogen-bond donors (Lipinski definition) is 2. The average Bonchev–Trinajstić information content (AvgIpc) is 2.85. The van der Waals surface area contributed by atoms with E-state index in [9.17, 15) is 4.79 Å². The Hall–Kier alpha value is -2.37. The highest BCUT2D eigenvalue weighted by Gasteiger charge is 2.24. The highest BCUT2D eigenvalue weighted by Crippen LogP contribution is 2.43. The molecule has 0 aliphatic carbocycles. The molecular weight excluding hydrogens is 294 g/mol. The van der Waals surface area contributed by atoms with Gasteiger partial charge in [0.05, 0.1) is 18.3 Å². The first-order valence-electron chi connectivity index (χ1n) is 7.72. The molecule has 1 amide bonds. The van der Waals surface area contributed by atoms with Crippen LogP contribution in [-0.4, -0.2) is 37.4 Å². The third-order valence-electron chi connectivity index (χ3n) is 3.94. The molecule has 1 aromatic carbocycles. The molecule has 0 spiro atoms. The maximum atomic E-state index is 12.1. The molecule has 23 heavy (non-hydrogen) atoms. The average molecular weight is 317 g/mol. The summed E-state index contributed by atoms with van der Waals surface area (Å²) < 4.78 is 10.9. The van der Waals surface area contributed by atoms with Gasteiger partial charge in [-0.15, -0.1) is 0 Å². The van der Waals surface area contributed by atoms with Crippen LogP contribution in [0.15, 0.2) is 12.3 Å². The number of carbonyl (C=O) groups excluding carboxylic acids is 1. The molecule has 1 aliphatic heterocycles. The summed E-state index contributed by atoms with van der Waals surface area (Å²) in [5.41, 5.74) is 3.31. The number of nitrogens with one attached hydrogen (secondary N) is 2. The lowest BCUT2D eigenvalue weighted by molar-refractivity contribution is 0.0635. The first-order valence-corrected chi connectivity index (χ1v) is 7.72. The van der Waals surface area contributed by atoms with E-state index < -0.39 is 11.7 Å². The number of methoxy groups -OCH3 is 1. The summed E-state index contributed by atoms with van der Waals surface area (Å²) in [7, 11) is 3.65. The highest BCUT2D eigenvalue weighted by molar-refractivity contribution is 6.05. The fraction of sp³-hybridized carbons (Fsp3) is 0.471. The lowest BCUT2D eigenvalue weighted by Crippen LogP contribution is -2.28. The normalized spacial score (nSPS) is 14.0. The monoisotopic (exact) mass is 317 g/mol. The van der Waals surface area contributed by atoms with E-state index in [-0.39, 0.29) is 0 Å². The van der Waals surface area contributed by atoms with Crippen LogP contribution in [0.5, 0.6) is 5.75 Å². The molecule has 1 aliphatic rings. The Kier molecular flexibility index (Phi) is 3.62. The van der Waals surface area contributed by atoms with Gasteiger partial charge >= 0.3 is 6.09 Å². The summed E-state index contributed by atoms with van der Waals surface area (Å²) in [6.45, 7) is 6.45. The van der Waals surface area contributed by atoms with Crippen molar-refractivity contribution >= 4 is 28.4 Å². The van der Waals surface area contributed by atoms with Crippen LogP contribution in [0.25, 0.3) is 10.9 Å². The number of rotatable bonds is 2. The topological polar surface area (TPSA) is 66.6 Å². The predicted octanol–water partition coefficient (Wildman–Crippen LogP) is 3.52. The molecule has 0 unspecified atom stereocenters. The molecule has 0 atom stereocenters. The van der Waals surface area contributed by atoms with Crippen LogP contribution >= 0.6 is 0 Å². The van der Waals surface area contributed by atoms with Gasteiger partial charge in [0, 0.05) is 30.9 Å². The molecule has 0 saturated carbocycles. The lowest BCUT2D eigenvalue weighted by Gasteiger charge is -2.27. The largest absolute Gasteiger partial charge is 0.492 e. The van der Waals surface area contributed by atoms with E-state index in [1.165, 1.54) is 5.56 Å². The molecule has 6 heteroatoms.